The van der Waals surface area contributed by atoms with Crippen LogP contribution in [0.3, 0.4) is 0 Å². The number of hydrogen-bond donors (Lipinski definition) is 1. The Bertz CT molecular complexity index is 917. The first kappa shape index (κ1) is 19.9. The zero-order valence-electron chi connectivity index (χ0n) is 14.9. The van der Waals surface area contributed by atoms with Crippen molar-refractivity contribution in [2.24, 2.45) is 5.92 Å². The molecule has 0 bridgehead atoms. The smallest absolute Gasteiger partial charge is 0.243 e. The summed E-state index contributed by atoms with van der Waals surface area (Å²) < 4.78 is 40.0. The van der Waals surface area contributed by atoms with E-state index in [1.807, 2.05) is 30.5 Å². The molecule has 1 atom stereocenters. The summed E-state index contributed by atoms with van der Waals surface area (Å²) in [4.78, 5) is 13.7. The quantitative estimate of drug-likeness (QED) is 0.768. The molecule has 27 heavy (non-hydrogen) atoms. The van der Waals surface area contributed by atoms with Gasteiger partial charge in [-0.25, -0.2) is 12.8 Å². The lowest BCUT2D eigenvalue weighted by atomic mass is 9.99. The van der Waals surface area contributed by atoms with Gasteiger partial charge in [0.15, 0.2) is 0 Å². The number of piperidine rings is 1. The predicted octanol–water partition coefficient (Wildman–Crippen LogP) is 3.59. The summed E-state index contributed by atoms with van der Waals surface area (Å²) in [5, 5.41) is 2.88. The van der Waals surface area contributed by atoms with E-state index in [1.54, 1.807) is 11.8 Å². The molecule has 144 valence electrons. The third-order valence-electron chi connectivity index (χ3n) is 4.54. The van der Waals surface area contributed by atoms with Gasteiger partial charge in [-0.1, -0.05) is 6.07 Å². The van der Waals surface area contributed by atoms with E-state index in [1.165, 1.54) is 16.4 Å². The van der Waals surface area contributed by atoms with E-state index in [-0.39, 0.29) is 17.3 Å². The van der Waals surface area contributed by atoms with E-state index >= 15 is 0 Å². The second-order valence-electron chi connectivity index (χ2n) is 6.38. The molecule has 8 heteroatoms. The van der Waals surface area contributed by atoms with Crippen molar-refractivity contribution in [3.8, 4) is 0 Å². The van der Waals surface area contributed by atoms with Crippen LogP contribution in [0.2, 0.25) is 0 Å². The Labute approximate surface area is 163 Å². The molecular formula is C19H21FN2O3S2. The summed E-state index contributed by atoms with van der Waals surface area (Å²) >= 11 is 1.58. The first-order valence-corrected chi connectivity index (χ1v) is 11.3. The van der Waals surface area contributed by atoms with E-state index in [4.69, 9.17) is 0 Å². The van der Waals surface area contributed by atoms with Gasteiger partial charge in [-0.2, -0.15) is 4.31 Å². The molecule has 1 aliphatic rings. The number of nitrogens with zero attached hydrogens (tertiary/aromatic N) is 1. The van der Waals surface area contributed by atoms with Crippen LogP contribution >= 0.6 is 11.8 Å². The van der Waals surface area contributed by atoms with Crippen LogP contribution in [0, 0.1) is 11.7 Å². The fraction of sp³-hybridized carbons (Fsp3) is 0.316. The number of sulfonamides is 1. The lowest BCUT2D eigenvalue weighted by molar-refractivity contribution is -0.120. The van der Waals surface area contributed by atoms with Crippen LogP contribution in [-0.4, -0.2) is 38.0 Å². The third kappa shape index (κ3) is 4.69. The molecule has 0 aliphatic carbocycles. The van der Waals surface area contributed by atoms with Gasteiger partial charge in [0.25, 0.3) is 0 Å². The van der Waals surface area contributed by atoms with Crippen LogP contribution in [0.25, 0.3) is 0 Å². The average molecular weight is 409 g/mol. The molecule has 0 radical (unpaired) electrons. The average Bonchev–Trinajstić information content (AvgIpc) is 2.68. The first-order valence-electron chi connectivity index (χ1n) is 8.61. The van der Waals surface area contributed by atoms with Crippen LogP contribution < -0.4 is 5.32 Å². The highest BCUT2D eigenvalue weighted by atomic mass is 32.2. The highest BCUT2D eigenvalue weighted by molar-refractivity contribution is 7.98. The normalized spacial score (nSPS) is 18.2. The summed E-state index contributed by atoms with van der Waals surface area (Å²) in [6.07, 6.45) is 3.19. The molecule has 0 spiro atoms. The monoisotopic (exact) mass is 408 g/mol. The number of nitrogens with one attached hydrogen (secondary N) is 1. The Balaban J connectivity index is 1.71. The standard InChI is InChI=1S/C19H21FN2O3S2/c1-26-17-6-2-5-16(12-17)21-19(23)14-4-3-11-22(13-14)27(24,25)18-9-7-15(20)8-10-18/h2,5-10,12,14H,3-4,11,13H2,1H3,(H,21,23)/t14-/m1/s1. The maximum absolute atomic E-state index is 13.1. The number of thioether (sulfide) groups is 1. The Morgan fingerprint density at radius 3 is 2.67 bits per heavy atom. The lowest BCUT2D eigenvalue weighted by Crippen LogP contribution is -2.43. The number of carbonyl (C=O) groups is 1. The summed E-state index contributed by atoms with van der Waals surface area (Å²) in [6.45, 7) is 0.471. The molecule has 1 heterocycles. The Hall–Kier alpha value is -1.90. The van der Waals surface area contributed by atoms with Crippen LogP contribution in [0.15, 0.2) is 58.3 Å². The summed E-state index contributed by atoms with van der Waals surface area (Å²) in [5.74, 6) is -1.10. The molecule has 1 amide bonds. The van der Waals surface area contributed by atoms with Gasteiger partial charge in [-0.3, -0.25) is 4.79 Å². The maximum Gasteiger partial charge on any atom is 0.243 e. The van der Waals surface area contributed by atoms with Gasteiger partial charge in [0.05, 0.1) is 10.8 Å². The fourth-order valence-corrected chi connectivity index (χ4v) is 5.06. The number of rotatable bonds is 5. The summed E-state index contributed by atoms with van der Waals surface area (Å²) in [5.41, 5.74) is 0.699. The SMILES string of the molecule is CSc1cccc(NC(=O)[C@@H]2CCCN(S(=O)(=O)c3ccc(F)cc3)C2)c1. The van der Waals surface area contributed by atoms with Gasteiger partial charge in [0.1, 0.15) is 5.82 Å². The third-order valence-corrected chi connectivity index (χ3v) is 7.15. The second kappa shape index (κ2) is 8.41. The fourth-order valence-electron chi connectivity index (χ4n) is 3.08. The minimum atomic E-state index is -3.75. The van der Waals surface area contributed by atoms with Crippen molar-refractivity contribution < 1.29 is 17.6 Å². The molecular weight excluding hydrogens is 387 g/mol. The van der Waals surface area contributed by atoms with Gasteiger partial charge in [0, 0.05) is 23.7 Å². The molecule has 0 saturated carbocycles. The molecule has 0 aromatic heterocycles. The van der Waals surface area contributed by atoms with Crippen LogP contribution in [0.5, 0.6) is 0 Å². The molecule has 1 N–H and O–H groups in total. The van der Waals surface area contributed by atoms with Crippen LogP contribution in [0.4, 0.5) is 10.1 Å². The van der Waals surface area contributed by atoms with Crippen LogP contribution in [-0.2, 0) is 14.8 Å². The van der Waals surface area contributed by atoms with Gasteiger partial charge in [-0.05, 0) is 61.6 Å². The molecule has 2 aromatic rings. The zero-order valence-corrected chi connectivity index (χ0v) is 16.5. The molecule has 5 nitrogen and oxygen atoms in total. The van der Waals surface area contributed by atoms with Gasteiger partial charge >= 0.3 is 0 Å². The van der Waals surface area contributed by atoms with Gasteiger partial charge in [-0.15, -0.1) is 11.8 Å². The highest BCUT2D eigenvalue weighted by Crippen LogP contribution is 2.26. The number of benzene rings is 2. The summed E-state index contributed by atoms with van der Waals surface area (Å²) in [6, 6.07) is 12.3. The topological polar surface area (TPSA) is 66.5 Å². The van der Waals surface area contributed by atoms with Gasteiger partial charge in [0.2, 0.25) is 15.9 Å². The van der Waals surface area contributed by atoms with Crippen LogP contribution in [0.1, 0.15) is 12.8 Å². The molecule has 3 rings (SSSR count). The van der Waals surface area contributed by atoms with Crippen molar-refractivity contribution in [2.75, 3.05) is 24.7 Å². The molecule has 1 saturated heterocycles. The maximum atomic E-state index is 13.1. The van der Waals surface area contributed by atoms with Crippen molar-refractivity contribution in [3.63, 3.8) is 0 Å². The number of hydrogen-bond acceptors (Lipinski definition) is 4. The number of amides is 1. The van der Waals surface area contributed by atoms with Crippen molar-refractivity contribution in [1.29, 1.82) is 0 Å². The van der Waals surface area contributed by atoms with E-state index in [9.17, 15) is 17.6 Å². The van der Waals surface area contributed by atoms with Crippen molar-refractivity contribution >= 4 is 33.4 Å². The molecule has 1 fully saturated rings. The molecule has 1 aliphatic heterocycles. The highest BCUT2D eigenvalue weighted by Gasteiger charge is 2.33. The summed E-state index contributed by atoms with van der Waals surface area (Å²) in [7, 11) is -3.75. The van der Waals surface area contributed by atoms with E-state index in [0.717, 1.165) is 17.0 Å². The van der Waals surface area contributed by atoms with Crippen molar-refractivity contribution in [3.05, 3.63) is 54.3 Å². The Kier molecular flexibility index (Phi) is 6.18. The van der Waals surface area contributed by atoms with E-state index < -0.39 is 21.8 Å². The van der Waals surface area contributed by atoms with Crippen molar-refractivity contribution in [2.45, 2.75) is 22.6 Å². The Morgan fingerprint density at radius 1 is 1.22 bits per heavy atom. The number of halogens is 1. The van der Waals surface area contributed by atoms with E-state index in [0.29, 0.717) is 25.1 Å². The van der Waals surface area contributed by atoms with Gasteiger partial charge < -0.3 is 5.32 Å². The molecule has 2 aromatic carbocycles. The first-order chi connectivity index (χ1) is 12.9. The largest absolute Gasteiger partial charge is 0.326 e. The Morgan fingerprint density at radius 2 is 1.96 bits per heavy atom. The van der Waals surface area contributed by atoms with Crippen molar-refractivity contribution in [1.82, 2.24) is 4.31 Å². The second-order valence-corrected chi connectivity index (χ2v) is 9.19. The number of anilines is 1. The molecule has 0 unspecified atom stereocenters. The lowest BCUT2D eigenvalue weighted by Gasteiger charge is -2.31. The minimum absolute atomic E-state index is 0.0395. The number of carbonyl (C=O) groups excluding carboxylic acids is 1. The predicted molar refractivity (Wildman–Crippen MR) is 105 cm³/mol. The zero-order chi connectivity index (χ0) is 19.4. The van der Waals surface area contributed by atoms with E-state index in [2.05, 4.69) is 5.32 Å². The minimum Gasteiger partial charge on any atom is -0.326 e.